The van der Waals surface area contributed by atoms with Gasteiger partial charge in [-0.05, 0) is 78.8 Å². The van der Waals surface area contributed by atoms with Gasteiger partial charge >= 0.3 is 0 Å². The van der Waals surface area contributed by atoms with Crippen molar-refractivity contribution in [2.75, 3.05) is 5.32 Å². The van der Waals surface area contributed by atoms with Crippen LogP contribution in [0.5, 0.6) is 5.75 Å². The fourth-order valence-electron chi connectivity index (χ4n) is 6.45. The van der Waals surface area contributed by atoms with Gasteiger partial charge in [0.2, 0.25) is 11.8 Å². The summed E-state index contributed by atoms with van der Waals surface area (Å²) in [5.41, 5.74) is 1.30. The Kier molecular flexibility index (Phi) is 6.57. The summed E-state index contributed by atoms with van der Waals surface area (Å²) in [4.78, 5) is 27.3. The Morgan fingerprint density at radius 1 is 0.921 bits per heavy atom. The van der Waals surface area contributed by atoms with Crippen molar-refractivity contribution in [2.24, 2.45) is 0 Å². The van der Waals surface area contributed by atoms with Crippen LogP contribution in [0.15, 0.2) is 60.7 Å². The Balaban J connectivity index is 1.52. The molecule has 2 amide bonds. The number of benzene rings is 3. The molecular weight excluding hydrogens is 526 g/mol. The third-order valence-corrected chi connectivity index (χ3v) is 8.68. The first-order valence-electron chi connectivity index (χ1n) is 13.0. The van der Waals surface area contributed by atoms with Crippen LogP contribution >= 0.6 is 23.2 Å². The molecule has 2 N–H and O–H groups in total. The van der Waals surface area contributed by atoms with Crippen LogP contribution in [0, 0.1) is 5.82 Å². The zero-order valence-electron chi connectivity index (χ0n) is 20.6. The van der Waals surface area contributed by atoms with E-state index in [-0.39, 0.29) is 24.3 Å². The minimum Gasteiger partial charge on any atom is -0.489 e. The number of ether oxygens (including phenoxy) is 1. The molecule has 0 radical (unpaired) electrons. The molecule has 2 fully saturated rings. The molecule has 5 nitrogen and oxygen atoms in total. The van der Waals surface area contributed by atoms with Crippen LogP contribution in [0.2, 0.25) is 10.0 Å². The maximum atomic E-state index is 14.4. The van der Waals surface area contributed by atoms with Crippen molar-refractivity contribution in [1.82, 2.24) is 5.32 Å². The van der Waals surface area contributed by atoms with Crippen LogP contribution in [0.25, 0.3) is 0 Å². The number of piperidine rings is 1. The van der Waals surface area contributed by atoms with E-state index >= 15 is 0 Å². The first-order valence-corrected chi connectivity index (χ1v) is 13.7. The van der Waals surface area contributed by atoms with Gasteiger partial charge in [-0.1, -0.05) is 53.9 Å². The summed E-state index contributed by atoms with van der Waals surface area (Å²) >= 11 is 12.8. The lowest BCUT2D eigenvalue weighted by molar-refractivity contribution is -0.131. The monoisotopic (exact) mass is 552 g/mol. The van der Waals surface area contributed by atoms with Crippen LogP contribution in [0.4, 0.5) is 10.1 Å². The lowest BCUT2D eigenvalue weighted by Gasteiger charge is -2.46. The topological polar surface area (TPSA) is 67.4 Å². The van der Waals surface area contributed by atoms with Crippen LogP contribution in [-0.4, -0.2) is 17.9 Å². The molecule has 38 heavy (non-hydrogen) atoms. The molecule has 1 aliphatic carbocycles. The molecule has 1 saturated carbocycles. The molecular formula is C30H27Cl2FN2O3. The second kappa shape index (κ2) is 9.90. The lowest BCUT2D eigenvalue weighted by atomic mass is 9.59. The minimum atomic E-state index is -1.25. The van der Waals surface area contributed by atoms with Gasteiger partial charge in [-0.2, -0.15) is 0 Å². The zero-order chi connectivity index (χ0) is 26.4. The van der Waals surface area contributed by atoms with Crippen molar-refractivity contribution in [2.45, 2.75) is 62.0 Å². The summed E-state index contributed by atoms with van der Waals surface area (Å²) in [6, 6.07) is 16.0. The first-order chi connectivity index (χ1) is 18.4. The second-order valence-electron chi connectivity index (χ2n) is 10.4. The number of anilines is 1. The average Bonchev–Trinajstić information content (AvgIpc) is 3.18. The molecule has 1 spiro atoms. The standard InChI is InChI=1S/C30H27Cl2FN2O3/c31-19-10-11-22-25(15-19)34-29(37)30(22)23(17-5-4-6-20(33)13-17)16-27(36)35-28(30)18-9-12-24(32)26(14-18)38-21-7-2-1-3-8-21/h4-6,9-15,21,23,28H,1-3,7-8,16H2,(H,34,37)(H,35,36)/t23-,28+,30-/m0/s1. The highest BCUT2D eigenvalue weighted by atomic mass is 35.5. The molecule has 8 heteroatoms. The molecule has 3 aromatic rings. The number of amides is 2. The third kappa shape index (κ3) is 4.24. The normalized spacial score (nSPS) is 25.1. The fraction of sp³-hybridized carbons (Fsp3) is 0.333. The van der Waals surface area contributed by atoms with E-state index in [9.17, 15) is 14.0 Å². The molecule has 1 saturated heterocycles. The van der Waals surface area contributed by atoms with Gasteiger partial charge in [0, 0.05) is 23.0 Å². The number of hydrogen-bond donors (Lipinski definition) is 2. The van der Waals surface area contributed by atoms with Gasteiger partial charge < -0.3 is 15.4 Å². The highest BCUT2D eigenvalue weighted by molar-refractivity contribution is 6.32. The van der Waals surface area contributed by atoms with E-state index in [1.165, 1.54) is 18.6 Å². The van der Waals surface area contributed by atoms with Crippen LogP contribution < -0.4 is 15.4 Å². The highest BCUT2D eigenvalue weighted by Gasteiger charge is 2.61. The van der Waals surface area contributed by atoms with E-state index in [2.05, 4.69) is 10.6 Å². The number of halogens is 3. The predicted octanol–water partition coefficient (Wildman–Crippen LogP) is 7.08. The summed E-state index contributed by atoms with van der Waals surface area (Å²) in [7, 11) is 0. The van der Waals surface area contributed by atoms with Crippen molar-refractivity contribution in [1.29, 1.82) is 0 Å². The molecule has 196 valence electrons. The Morgan fingerprint density at radius 2 is 1.74 bits per heavy atom. The number of carbonyl (C=O) groups is 2. The van der Waals surface area contributed by atoms with Gasteiger partial charge in [-0.3, -0.25) is 9.59 Å². The van der Waals surface area contributed by atoms with Gasteiger partial charge in [0.05, 0.1) is 17.2 Å². The SMILES string of the molecule is O=C1C[C@@H](c2cccc(F)c2)[C@]2(C(=O)Nc3cc(Cl)ccc32)[C@@H](c2ccc(Cl)c(OC3CCCCC3)c2)N1. The molecule has 6 rings (SSSR count). The van der Waals surface area contributed by atoms with Crippen molar-refractivity contribution in [3.8, 4) is 5.75 Å². The third-order valence-electron chi connectivity index (χ3n) is 8.14. The Bertz CT molecular complexity index is 1420. The number of nitrogens with one attached hydrogen (secondary N) is 2. The molecule has 3 atom stereocenters. The van der Waals surface area contributed by atoms with Gasteiger partial charge in [-0.15, -0.1) is 0 Å². The van der Waals surface area contributed by atoms with Crippen molar-refractivity contribution in [3.05, 3.63) is 93.2 Å². The van der Waals surface area contributed by atoms with Crippen molar-refractivity contribution >= 4 is 40.7 Å². The summed E-state index contributed by atoms with van der Waals surface area (Å²) in [5.74, 6) is -1.03. The summed E-state index contributed by atoms with van der Waals surface area (Å²) in [6.07, 6.45) is 5.44. The molecule has 0 bridgehead atoms. The quantitative estimate of drug-likeness (QED) is 0.363. The second-order valence-corrected chi connectivity index (χ2v) is 11.2. The van der Waals surface area contributed by atoms with E-state index in [4.69, 9.17) is 27.9 Å². The van der Waals surface area contributed by atoms with Crippen LogP contribution in [0.3, 0.4) is 0 Å². The number of carbonyl (C=O) groups excluding carboxylic acids is 2. The van der Waals surface area contributed by atoms with Crippen molar-refractivity contribution < 1.29 is 18.7 Å². The number of rotatable bonds is 4. The Hall–Kier alpha value is -3.09. The van der Waals surface area contributed by atoms with Gasteiger partial charge in [0.15, 0.2) is 0 Å². The zero-order valence-corrected chi connectivity index (χ0v) is 22.1. The Morgan fingerprint density at radius 3 is 2.53 bits per heavy atom. The van der Waals surface area contributed by atoms with Gasteiger partial charge in [0.1, 0.15) is 17.0 Å². The molecule has 3 aliphatic rings. The largest absolute Gasteiger partial charge is 0.489 e. The summed E-state index contributed by atoms with van der Waals surface area (Å²) in [6.45, 7) is 0. The smallest absolute Gasteiger partial charge is 0.238 e. The molecule has 3 aromatic carbocycles. The van der Waals surface area contributed by atoms with E-state index < -0.39 is 23.2 Å². The minimum absolute atomic E-state index is 0.0223. The van der Waals surface area contributed by atoms with Gasteiger partial charge in [0.25, 0.3) is 0 Å². The maximum Gasteiger partial charge on any atom is 0.238 e. The van der Waals surface area contributed by atoms with Crippen LogP contribution in [-0.2, 0) is 15.0 Å². The molecule has 2 aliphatic heterocycles. The molecule has 2 heterocycles. The van der Waals surface area contributed by atoms with E-state index in [1.807, 2.05) is 18.2 Å². The maximum absolute atomic E-state index is 14.4. The fourth-order valence-corrected chi connectivity index (χ4v) is 6.78. The summed E-state index contributed by atoms with van der Waals surface area (Å²) in [5, 5.41) is 7.04. The van der Waals surface area contributed by atoms with Gasteiger partial charge in [-0.25, -0.2) is 4.39 Å². The van der Waals surface area contributed by atoms with Crippen LogP contribution in [0.1, 0.15) is 67.2 Å². The number of fused-ring (bicyclic) bond motifs is 2. The van der Waals surface area contributed by atoms with E-state index in [0.717, 1.165) is 25.7 Å². The summed E-state index contributed by atoms with van der Waals surface area (Å²) < 4.78 is 20.8. The van der Waals surface area contributed by atoms with E-state index in [1.54, 1.807) is 30.3 Å². The molecule has 0 aromatic heterocycles. The predicted molar refractivity (Wildman–Crippen MR) is 145 cm³/mol. The van der Waals surface area contributed by atoms with Crippen molar-refractivity contribution in [3.63, 3.8) is 0 Å². The Labute approximate surface area is 230 Å². The highest BCUT2D eigenvalue weighted by Crippen LogP contribution is 2.57. The van der Waals surface area contributed by atoms with E-state index in [0.29, 0.717) is 38.2 Å². The lowest BCUT2D eigenvalue weighted by Crippen LogP contribution is -2.56. The molecule has 0 unspecified atom stereocenters. The first kappa shape index (κ1) is 25.2. The average molecular weight is 553 g/mol. The number of hydrogen-bond acceptors (Lipinski definition) is 3.